The van der Waals surface area contributed by atoms with E-state index in [1.165, 1.54) is 0 Å². The standard InChI is InChI=1S/C7H16O2.C3H10N2/c1-5-8-7(3,4)9-6-2;1-3(5)2-4/h5-6H2,1-4H3;3H,2,4-5H2,1H3. The molecular formula is C10H26N2O2. The molecule has 4 N–H and O–H groups in total. The minimum Gasteiger partial charge on any atom is -0.351 e. The van der Waals surface area contributed by atoms with Gasteiger partial charge in [0.05, 0.1) is 0 Å². The van der Waals surface area contributed by atoms with E-state index in [4.69, 9.17) is 20.9 Å². The van der Waals surface area contributed by atoms with Crippen molar-refractivity contribution >= 4 is 0 Å². The fourth-order valence-electron chi connectivity index (χ4n) is 0.737. The molecule has 0 aromatic carbocycles. The Balaban J connectivity index is 0. The van der Waals surface area contributed by atoms with Gasteiger partial charge in [-0.1, -0.05) is 0 Å². The van der Waals surface area contributed by atoms with Crippen LogP contribution in [-0.4, -0.2) is 31.6 Å². The second kappa shape index (κ2) is 9.40. The van der Waals surface area contributed by atoms with Crippen LogP contribution >= 0.6 is 0 Å². The molecule has 0 aromatic heterocycles. The molecule has 0 saturated carbocycles. The molecule has 0 heterocycles. The predicted molar refractivity (Wildman–Crippen MR) is 60.0 cm³/mol. The van der Waals surface area contributed by atoms with E-state index in [1.54, 1.807) is 0 Å². The largest absolute Gasteiger partial charge is 0.351 e. The van der Waals surface area contributed by atoms with Gasteiger partial charge in [0.15, 0.2) is 5.79 Å². The van der Waals surface area contributed by atoms with Crippen molar-refractivity contribution in [1.29, 1.82) is 0 Å². The van der Waals surface area contributed by atoms with Crippen molar-refractivity contribution in [3.05, 3.63) is 0 Å². The van der Waals surface area contributed by atoms with E-state index < -0.39 is 5.79 Å². The van der Waals surface area contributed by atoms with E-state index >= 15 is 0 Å². The molecule has 4 nitrogen and oxygen atoms in total. The van der Waals surface area contributed by atoms with Crippen LogP contribution in [0.1, 0.15) is 34.6 Å². The van der Waals surface area contributed by atoms with Gasteiger partial charge in [0.1, 0.15) is 0 Å². The molecule has 0 aliphatic heterocycles. The molecule has 0 bridgehead atoms. The maximum atomic E-state index is 5.25. The van der Waals surface area contributed by atoms with Crippen molar-refractivity contribution < 1.29 is 9.47 Å². The molecule has 1 atom stereocenters. The molecule has 0 amide bonds. The molecular weight excluding hydrogens is 180 g/mol. The average Bonchev–Trinajstić information content (AvgIpc) is 2.05. The summed E-state index contributed by atoms with van der Waals surface area (Å²) in [5.74, 6) is -0.399. The highest BCUT2D eigenvalue weighted by molar-refractivity contribution is 4.50. The van der Waals surface area contributed by atoms with Crippen LogP contribution in [0.25, 0.3) is 0 Å². The van der Waals surface area contributed by atoms with Crippen LogP contribution in [0.4, 0.5) is 0 Å². The van der Waals surface area contributed by atoms with Crippen molar-refractivity contribution in [3.63, 3.8) is 0 Å². The molecule has 88 valence electrons. The number of hydrogen-bond acceptors (Lipinski definition) is 4. The molecule has 0 fully saturated rings. The topological polar surface area (TPSA) is 70.5 Å². The zero-order valence-electron chi connectivity index (χ0n) is 10.2. The van der Waals surface area contributed by atoms with Crippen molar-refractivity contribution in [2.24, 2.45) is 11.5 Å². The van der Waals surface area contributed by atoms with Crippen LogP contribution in [0, 0.1) is 0 Å². The SMILES string of the molecule is CC(N)CN.CCOC(C)(C)OCC. The average molecular weight is 206 g/mol. The van der Waals surface area contributed by atoms with Crippen molar-refractivity contribution in [2.75, 3.05) is 19.8 Å². The van der Waals surface area contributed by atoms with E-state index in [-0.39, 0.29) is 6.04 Å². The lowest BCUT2D eigenvalue weighted by Gasteiger charge is -2.23. The monoisotopic (exact) mass is 206 g/mol. The van der Waals surface area contributed by atoms with E-state index in [9.17, 15) is 0 Å². The molecule has 0 rings (SSSR count). The first-order valence-electron chi connectivity index (χ1n) is 5.13. The van der Waals surface area contributed by atoms with Gasteiger partial charge < -0.3 is 20.9 Å². The summed E-state index contributed by atoms with van der Waals surface area (Å²) < 4.78 is 10.5. The fourth-order valence-corrected chi connectivity index (χ4v) is 0.737. The zero-order chi connectivity index (χ0) is 11.6. The van der Waals surface area contributed by atoms with Crippen LogP contribution < -0.4 is 11.5 Å². The summed E-state index contributed by atoms with van der Waals surface area (Å²) in [5.41, 5.74) is 10.2. The molecule has 0 aliphatic carbocycles. The zero-order valence-corrected chi connectivity index (χ0v) is 10.2. The van der Waals surface area contributed by atoms with Gasteiger partial charge in [-0.15, -0.1) is 0 Å². The van der Waals surface area contributed by atoms with E-state index in [0.717, 1.165) is 0 Å². The molecule has 0 radical (unpaired) electrons. The Labute approximate surface area is 87.9 Å². The second-order valence-corrected chi connectivity index (χ2v) is 3.48. The molecule has 4 heteroatoms. The van der Waals surface area contributed by atoms with Gasteiger partial charge in [-0.3, -0.25) is 0 Å². The van der Waals surface area contributed by atoms with Crippen molar-refractivity contribution in [1.82, 2.24) is 0 Å². The molecule has 0 aromatic rings. The summed E-state index contributed by atoms with van der Waals surface area (Å²) in [7, 11) is 0. The highest BCUT2D eigenvalue weighted by Gasteiger charge is 2.15. The van der Waals surface area contributed by atoms with Gasteiger partial charge in [0.25, 0.3) is 0 Å². The molecule has 0 aliphatic rings. The van der Waals surface area contributed by atoms with Crippen LogP contribution in [0.5, 0.6) is 0 Å². The Morgan fingerprint density at radius 1 is 1.14 bits per heavy atom. The quantitative estimate of drug-likeness (QED) is 0.661. The third kappa shape index (κ3) is 14.4. The molecule has 1 unspecified atom stereocenters. The van der Waals surface area contributed by atoms with Crippen LogP contribution in [-0.2, 0) is 9.47 Å². The third-order valence-electron chi connectivity index (χ3n) is 1.36. The Hall–Kier alpha value is -0.160. The van der Waals surface area contributed by atoms with E-state index in [1.807, 2.05) is 34.6 Å². The molecule has 0 saturated heterocycles. The van der Waals surface area contributed by atoms with Gasteiger partial charge in [0.2, 0.25) is 0 Å². The lowest BCUT2D eigenvalue weighted by Crippen LogP contribution is -2.28. The first-order chi connectivity index (χ1) is 6.39. The fraction of sp³-hybridized carbons (Fsp3) is 1.00. The van der Waals surface area contributed by atoms with Gasteiger partial charge in [0, 0.05) is 25.8 Å². The maximum absolute atomic E-state index is 5.25. The molecule has 0 spiro atoms. The first-order valence-corrected chi connectivity index (χ1v) is 5.13. The number of nitrogens with two attached hydrogens (primary N) is 2. The number of ether oxygens (including phenoxy) is 2. The summed E-state index contributed by atoms with van der Waals surface area (Å²) in [4.78, 5) is 0. The van der Waals surface area contributed by atoms with E-state index in [0.29, 0.717) is 19.8 Å². The summed E-state index contributed by atoms with van der Waals surface area (Å²) >= 11 is 0. The van der Waals surface area contributed by atoms with Crippen LogP contribution in [0.2, 0.25) is 0 Å². The highest BCUT2D eigenvalue weighted by atomic mass is 16.7. The normalized spacial score (nSPS) is 13.1. The van der Waals surface area contributed by atoms with Crippen LogP contribution in [0.3, 0.4) is 0 Å². The summed E-state index contributed by atoms with van der Waals surface area (Å²) in [6.45, 7) is 11.6. The van der Waals surface area contributed by atoms with Gasteiger partial charge in [-0.05, 0) is 34.6 Å². The van der Waals surface area contributed by atoms with Crippen molar-refractivity contribution in [2.45, 2.75) is 46.4 Å². The predicted octanol–water partition coefficient (Wildman–Crippen LogP) is 1.09. The summed E-state index contributed by atoms with van der Waals surface area (Å²) in [5, 5.41) is 0. The maximum Gasteiger partial charge on any atom is 0.162 e. The number of hydrogen-bond donors (Lipinski definition) is 2. The second-order valence-electron chi connectivity index (χ2n) is 3.48. The first kappa shape index (κ1) is 16.3. The summed E-state index contributed by atoms with van der Waals surface area (Å²) in [6, 6.07) is 0.162. The van der Waals surface area contributed by atoms with Gasteiger partial charge in [-0.25, -0.2) is 0 Å². The Kier molecular flexibility index (Phi) is 10.9. The Morgan fingerprint density at radius 3 is 1.57 bits per heavy atom. The Bertz CT molecular complexity index is 109. The lowest BCUT2D eigenvalue weighted by atomic mass is 10.4. The van der Waals surface area contributed by atoms with E-state index in [2.05, 4.69) is 0 Å². The number of rotatable bonds is 5. The van der Waals surface area contributed by atoms with Gasteiger partial charge in [-0.2, -0.15) is 0 Å². The Morgan fingerprint density at radius 2 is 1.43 bits per heavy atom. The van der Waals surface area contributed by atoms with Crippen LogP contribution in [0.15, 0.2) is 0 Å². The summed E-state index contributed by atoms with van der Waals surface area (Å²) in [6.07, 6.45) is 0. The lowest BCUT2D eigenvalue weighted by molar-refractivity contribution is -0.207. The third-order valence-corrected chi connectivity index (χ3v) is 1.36. The smallest absolute Gasteiger partial charge is 0.162 e. The minimum atomic E-state index is -0.399. The highest BCUT2D eigenvalue weighted by Crippen LogP contribution is 2.09. The van der Waals surface area contributed by atoms with Crippen molar-refractivity contribution in [3.8, 4) is 0 Å². The minimum absolute atomic E-state index is 0.162. The molecule has 14 heavy (non-hydrogen) atoms. The van der Waals surface area contributed by atoms with Gasteiger partial charge >= 0.3 is 0 Å².